The first-order chi connectivity index (χ1) is 10.7. The third-order valence-corrected chi connectivity index (χ3v) is 4.44. The fourth-order valence-corrected chi connectivity index (χ4v) is 2.99. The normalized spacial score (nSPS) is 21.2. The SMILES string of the molecule is Cc1ccccc1C1CC1C(=O)NCC(N)c1ccccc1. The maximum absolute atomic E-state index is 12.3. The molecule has 2 aromatic rings. The van der Waals surface area contributed by atoms with E-state index in [0.29, 0.717) is 12.5 Å². The first-order valence-corrected chi connectivity index (χ1v) is 7.80. The van der Waals surface area contributed by atoms with Gasteiger partial charge in [-0.15, -0.1) is 0 Å². The van der Waals surface area contributed by atoms with Crippen molar-refractivity contribution in [3.05, 3.63) is 71.3 Å². The topological polar surface area (TPSA) is 55.1 Å². The molecule has 1 aliphatic carbocycles. The number of rotatable bonds is 5. The van der Waals surface area contributed by atoms with Crippen LogP contribution in [0.3, 0.4) is 0 Å². The van der Waals surface area contributed by atoms with E-state index in [1.807, 2.05) is 42.5 Å². The minimum absolute atomic E-state index is 0.101. The van der Waals surface area contributed by atoms with Crippen molar-refractivity contribution in [3.8, 4) is 0 Å². The summed E-state index contributed by atoms with van der Waals surface area (Å²) in [7, 11) is 0. The first kappa shape index (κ1) is 14.8. The average Bonchev–Trinajstić information content (AvgIpc) is 3.34. The first-order valence-electron chi connectivity index (χ1n) is 7.80. The van der Waals surface area contributed by atoms with Crippen molar-refractivity contribution in [2.45, 2.75) is 25.3 Å². The van der Waals surface area contributed by atoms with Crippen LogP contribution in [0.1, 0.15) is 35.1 Å². The molecular formula is C19H22N2O. The van der Waals surface area contributed by atoms with Crippen LogP contribution in [0.15, 0.2) is 54.6 Å². The molecule has 3 atom stereocenters. The van der Waals surface area contributed by atoms with E-state index in [4.69, 9.17) is 5.73 Å². The van der Waals surface area contributed by atoms with Gasteiger partial charge in [0.1, 0.15) is 0 Å². The average molecular weight is 294 g/mol. The monoisotopic (exact) mass is 294 g/mol. The van der Waals surface area contributed by atoms with Crippen molar-refractivity contribution in [2.75, 3.05) is 6.54 Å². The van der Waals surface area contributed by atoms with E-state index >= 15 is 0 Å². The number of carbonyl (C=O) groups excluding carboxylic acids is 1. The minimum Gasteiger partial charge on any atom is -0.354 e. The molecular weight excluding hydrogens is 272 g/mol. The van der Waals surface area contributed by atoms with E-state index in [1.165, 1.54) is 11.1 Å². The van der Waals surface area contributed by atoms with Crippen LogP contribution in [-0.2, 0) is 4.79 Å². The van der Waals surface area contributed by atoms with Crippen molar-refractivity contribution in [1.82, 2.24) is 5.32 Å². The molecule has 0 heterocycles. The smallest absolute Gasteiger partial charge is 0.223 e. The predicted octanol–water partition coefficient (Wildman–Crippen LogP) is 2.91. The number of nitrogens with one attached hydrogen (secondary N) is 1. The van der Waals surface area contributed by atoms with E-state index in [2.05, 4.69) is 24.4 Å². The van der Waals surface area contributed by atoms with Gasteiger partial charge < -0.3 is 11.1 Å². The molecule has 0 aromatic heterocycles. The molecule has 3 N–H and O–H groups in total. The molecule has 3 nitrogen and oxygen atoms in total. The van der Waals surface area contributed by atoms with Crippen molar-refractivity contribution < 1.29 is 4.79 Å². The van der Waals surface area contributed by atoms with Gasteiger partial charge in [-0.2, -0.15) is 0 Å². The third kappa shape index (κ3) is 3.20. The van der Waals surface area contributed by atoms with Crippen LogP contribution >= 0.6 is 0 Å². The molecule has 0 radical (unpaired) electrons. The summed E-state index contributed by atoms with van der Waals surface area (Å²) in [5, 5.41) is 3.00. The lowest BCUT2D eigenvalue weighted by atomic mass is 10.0. The summed E-state index contributed by atoms with van der Waals surface area (Å²) in [4.78, 5) is 12.3. The molecule has 114 valence electrons. The lowest BCUT2D eigenvalue weighted by molar-refractivity contribution is -0.122. The van der Waals surface area contributed by atoms with Gasteiger partial charge in [-0.25, -0.2) is 0 Å². The zero-order valence-electron chi connectivity index (χ0n) is 12.8. The predicted molar refractivity (Wildman–Crippen MR) is 88.4 cm³/mol. The van der Waals surface area contributed by atoms with E-state index in [1.54, 1.807) is 0 Å². The molecule has 3 unspecified atom stereocenters. The van der Waals surface area contributed by atoms with Crippen molar-refractivity contribution in [1.29, 1.82) is 0 Å². The summed E-state index contributed by atoms with van der Waals surface area (Å²) >= 11 is 0. The van der Waals surface area contributed by atoms with Gasteiger partial charge in [-0.05, 0) is 36.0 Å². The molecule has 1 fully saturated rings. The van der Waals surface area contributed by atoms with Crippen LogP contribution in [-0.4, -0.2) is 12.5 Å². The highest BCUT2D eigenvalue weighted by atomic mass is 16.2. The molecule has 0 spiro atoms. The standard InChI is InChI=1S/C19H22N2O/c1-13-7-5-6-10-15(13)16-11-17(16)19(22)21-12-18(20)14-8-3-2-4-9-14/h2-10,16-18H,11-12,20H2,1H3,(H,21,22). The van der Waals surface area contributed by atoms with E-state index < -0.39 is 0 Å². The summed E-state index contributed by atoms with van der Waals surface area (Å²) in [5.41, 5.74) is 9.74. The number of aryl methyl sites for hydroxylation is 1. The van der Waals surface area contributed by atoms with Crippen LogP contribution in [0.2, 0.25) is 0 Å². The van der Waals surface area contributed by atoms with Crippen molar-refractivity contribution in [2.24, 2.45) is 11.7 Å². The highest BCUT2D eigenvalue weighted by Gasteiger charge is 2.44. The Labute approximate surface area is 131 Å². The highest BCUT2D eigenvalue weighted by Crippen LogP contribution is 2.48. The van der Waals surface area contributed by atoms with Gasteiger partial charge in [-0.1, -0.05) is 54.6 Å². The molecule has 1 aliphatic rings. The number of carbonyl (C=O) groups is 1. The highest BCUT2D eigenvalue weighted by molar-refractivity contribution is 5.83. The molecule has 1 saturated carbocycles. The Morgan fingerprint density at radius 2 is 1.86 bits per heavy atom. The van der Waals surface area contributed by atoms with Crippen LogP contribution in [0.25, 0.3) is 0 Å². The molecule has 22 heavy (non-hydrogen) atoms. The Balaban J connectivity index is 1.53. The Kier molecular flexibility index (Phi) is 4.25. The van der Waals surface area contributed by atoms with E-state index in [9.17, 15) is 4.79 Å². The van der Waals surface area contributed by atoms with Crippen molar-refractivity contribution >= 4 is 5.91 Å². The zero-order valence-corrected chi connectivity index (χ0v) is 12.8. The van der Waals surface area contributed by atoms with Crippen LogP contribution in [0, 0.1) is 12.8 Å². The Morgan fingerprint density at radius 3 is 2.59 bits per heavy atom. The lowest BCUT2D eigenvalue weighted by Crippen LogP contribution is -2.33. The van der Waals surface area contributed by atoms with Gasteiger partial charge in [0.25, 0.3) is 0 Å². The van der Waals surface area contributed by atoms with Gasteiger partial charge in [0.2, 0.25) is 5.91 Å². The van der Waals surface area contributed by atoms with Crippen molar-refractivity contribution in [3.63, 3.8) is 0 Å². The van der Waals surface area contributed by atoms with Gasteiger partial charge in [0.05, 0.1) is 0 Å². The van der Waals surface area contributed by atoms with E-state index in [-0.39, 0.29) is 17.9 Å². The molecule has 0 aliphatic heterocycles. The number of benzene rings is 2. The Bertz CT molecular complexity index is 653. The zero-order chi connectivity index (χ0) is 15.5. The fraction of sp³-hybridized carbons (Fsp3) is 0.316. The lowest BCUT2D eigenvalue weighted by Gasteiger charge is -2.13. The summed E-state index contributed by atoms with van der Waals surface area (Å²) in [6, 6.07) is 18.0. The Hall–Kier alpha value is -2.13. The molecule has 3 heteroatoms. The summed E-state index contributed by atoms with van der Waals surface area (Å²) in [6.45, 7) is 2.59. The molecule has 0 saturated heterocycles. The maximum atomic E-state index is 12.3. The largest absolute Gasteiger partial charge is 0.354 e. The van der Waals surface area contributed by atoms with Crippen LogP contribution < -0.4 is 11.1 Å². The maximum Gasteiger partial charge on any atom is 0.223 e. The Morgan fingerprint density at radius 1 is 1.18 bits per heavy atom. The van der Waals surface area contributed by atoms with Gasteiger partial charge >= 0.3 is 0 Å². The molecule has 3 rings (SSSR count). The quantitative estimate of drug-likeness (QED) is 0.891. The number of amides is 1. The van der Waals surface area contributed by atoms with Crippen LogP contribution in [0.4, 0.5) is 0 Å². The fourth-order valence-electron chi connectivity index (χ4n) is 2.99. The summed E-state index contributed by atoms with van der Waals surface area (Å²) in [5.74, 6) is 0.595. The third-order valence-electron chi connectivity index (χ3n) is 4.44. The number of hydrogen-bond acceptors (Lipinski definition) is 2. The minimum atomic E-state index is -0.152. The van der Waals surface area contributed by atoms with Gasteiger partial charge in [0.15, 0.2) is 0 Å². The van der Waals surface area contributed by atoms with Gasteiger partial charge in [-0.3, -0.25) is 4.79 Å². The van der Waals surface area contributed by atoms with Crippen LogP contribution in [0.5, 0.6) is 0 Å². The molecule has 2 aromatic carbocycles. The molecule has 1 amide bonds. The number of hydrogen-bond donors (Lipinski definition) is 2. The van der Waals surface area contributed by atoms with E-state index in [0.717, 1.165) is 12.0 Å². The second-order valence-electron chi connectivity index (χ2n) is 6.07. The second kappa shape index (κ2) is 6.32. The van der Waals surface area contributed by atoms with Gasteiger partial charge in [0, 0.05) is 18.5 Å². The summed E-state index contributed by atoms with van der Waals surface area (Å²) in [6.07, 6.45) is 0.942. The summed E-state index contributed by atoms with van der Waals surface area (Å²) < 4.78 is 0. The molecule has 0 bridgehead atoms. The second-order valence-corrected chi connectivity index (χ2v) is 6.07. The number of nitrogens with two attached hydrogens (primary N) is 1.